The Bertz CT molecular complexity index is 1070. The number of nitrogens with one attached hydrogen (secondary N) is 1. The zero-order chi connectivity index (χ0) is 29.0. The van der Waals surface area contributed by atoms with E-state index in [1.807, 2.05) is 0 Å². The van der Waals surface area contributed by atoms with Gasteiger partial charge in [-0.05, 0) is 42.8 Å². The average molecular weight is 618 g/mol. The number of hydrogen-bond acceptors (Lipinski definition) is 6. The van der Waals surface area contributed by atoms with Crippen LogP contribution in [0.5, 0.6) is 17.2 Å². The molecule has 0 aromatic heterocycles. The smallest absolute Gasteiger partial charge is 0.343 e. The molecule has 0 aliphatic carbocycles. The predicted molar refractivity (Wildman–Crippen MR) is 165 cm³/mol. The third-order valence-electron chi connectivity index (χ3n) is 6.69. The van der Waals surface area contributed by atoms with Crippen molar-refractivity contribution in [3.8, 4) is 17.2 Å². The number of hydrazone groups is 1. The van der Waals surface area contributed by atoms with Crippen LogP contribution >= 0.6 is 15.9 Å². The van der Waals surface area contributed by atoms with Crippen molar-refractivity contribution in [1.82, 2.24) is 5.43 Å². The Morgan fingerprint density at radius 1 is 0.775 bits per heavy atom. The number of halogens is 1. The fourth-order valence-electron chi connectivity index (χ4n) is 4.37. The van der Waals surface area contributed by atoms with E-state index >= 15 is 0 Å². The summed E-state index contributed by atoms with van der Waals surface area (Å²) in [6.07, 6.45) is 18.4. The maximum Gasteiger partial charge on any atom is 0.343 e. The molecule has 0 fully saturated rings. The van der Waals surface area contributed by atoms with E-state index in [9.17, 15) is 9.59 Å². The summed E-state index contributed by atoms with van der Waals surface area (Å²) in [5.41, 5.74) is 3.44. The maximum atomic E-state index is 12.8. The Balaban J connectivity index is 1.70. The lowest BCUT2D eigenvalue weighted by atomic mass is 10.0. The van der Waals surface area contributed by atoms with Crippen LogP contribution in [0.2, 0.25) is 0 Å². The Kier molecular flexibility index (Phi) is 16.7. The van der Waals surface area contributed by atoms with E-state index in [1.165, 1.54) is 91.1 Å². The Labute approximate surface area is 248 Å². The number of rotatable bonds is 20. The van der Waals surface area contributed by atoms with Crippen molar-refractivity contribution < 1.29 is 23.8 Å². The molecule has 0 aliphatic heterocycles. The largest absolute Gasteiger partial charge is 0.493 e. The standard InChI is InChI=1S/C32H45BrN2O5/c1-4-5-6-7-8-9-10-11-12-13-14-15-16-17-31(36)35-34-24-26-22-27(33)19-21-28(26)40-32(37)25-18-20-29(38-2)30(23-25)39-3/h18-24H,4-17H2,1-3H3,(H,35,36). The number of hydrogen-bond donors (Lipinski definition) is 1. The molecule has 0 saturated carbocycles. The van der Waals surface area contributed by atoms with Gasteiger partial charge in [-0.3, -0.25) is 4.79 Å². The van der Waals surface area contributed by atoms with Crippen LogP contribution in [-0.4, -0.2) is 32.3 Å². The van der Waals surface area contributed by atoms with Crippen molar-refractivity contribution in [2.24, 2.45) is 5.10 Å². The number of methoxy groups -OCH3 is 2. The van der Waals surface area contributed by atoms with Crippen LogP contribution in [0.15, 0.2) is 46.0 Å². The third kappa shape index (κ3) is 13.0. The molecule has 0 unspecified atom stereocenters. The second kappa shape index (κ2) is 20.1. The number of carbonyl (C=O) groups excluding carboxylic acids is 2. The van der Waals surface area contributed by atoms with Crippen molar-refractivity contribution >= 4 is 34.0 Å². The fraction of sp³-hybridized carbons (Fsp3) is 0.531. The van der Waals surface area contributed by atoms with E-state index in [1.54, 1.807) is 36.4 Å². The Morgan fingerprint density at radius 3 is 1.95 bits per heavy atom. The van der Waals surface area contributed by atoms with Crippen molar-refractivity contribution in [3.63, 3.8) is 0 Å². The first-order valence-corrected chi connectivity index (χ1v) is 15.3. The van der Waals surface area contributed by atoms with E-state index in [0.717, 1.165) is 17.3 Å². The molecule has 0 heterocycles. The summed E-state index contributed by atoms with van der Waals surface area (Å²) >= 11 is 3.43. The van der Waals surface area contributed by atoms with Gasteiger partial charge in [-0.25, -0.2) is 10.2 Å². The quantitative estimate of drug-likeness (QED) is 0.0529. The second-order valence-electron chi connectivity index (χ2n) is 9.93. The van der Waals surface area contributed by atoms with E-state index in [4.69, 9.17) is 14.2 Å². The lowest BCUT2D eigenvalue weighted by Crippen LogP contribution is -2.17. The Morgan fingerprint density at radius 2 is 1.35 bits per heavy atom. The molecule has 0 spiro atoms. The highest BCUT2D eigenvalue weighted by Crippen LogP contribution is 2.29. The van der Waals surface area contributed by atoms with Gasteiger partial charge in [-0.1, -0.05) is 99.9 Å². The average Bonchev–Trinajstić information content (AvgIpc) is 2.96. The summed E-state index contributed by atoms with van der Waals surface area (Å²) in [4.78, 5) is 25.0. The van der Waals surface area contributed by atoms with Gasteiger partial charge >= 0.3 is 5.97 Å². The molecule has 1 amide bonds. The van der Waals surface area contributed by atoms with Gasteiger partial charge in [0.2, 0.25) is 5.91 Å². The Hall–Kier alpha value is -2.87. The van der Waals surface area contributed by atoms with Crippen molar-refractivity contribution in [1.29, 1.82) is 0 Å². The minimum atomic E-state index is -0.552. The van der Waals surface area contributed by atoms with Crippen LogP contribution < -0.4 is 19.6 Å². The number of benzene rings is 2. The third-order valence-corrected chi connectivity index (χ3v) is 7.19. The molecule has 0 atom stereocenters. The molecule has 0 saturated heterocycles. The van der Waals surface area contributed by atoms with Crippen LogP contribution in [0.1, 0.15) is 113 Å². The molecule has 2 aromatic carbocycles. The fourth-order valence-corrected chi connectivity index (χ4v) is 4.75. The molecule has 2 aromatic rings. The second-order valence-corrected chi connectivity index (χ2v) is 10.8. The normalized spacial score (nSPS) is 11.0. The maximum absolute atomic E-state index is 12.8. The summed E-state index contributed by atoms with van der Waals surface area (Å²) in [7, 11) is 3.03. The molecule has 2 rings (SSSR count). The first-order valence-electron chi connectivity index (χ1n) is 14.5. The van der Waals surface area contributed by atoms with Crippen LogP contribution in [0.4, 0.5) is 0 Å². The van der Waals surface area contributed by atoms with Gasteiger partial charge in [-0.15, -0.1) is 0 Å². The number of ether oxygens (including phenoxy) is 3. The van der Waals surface area contributed by atoms with E-state index in [0.29, 0.717) is 34.8 Å². The first-order chi connectivity index (χ1) is 19.5. The predicted octanol–water partition coefficient (Wildman–Crippen LogP) is 8.62. The van der Waals surface area contributed by atoms with Crippen LogP contribution in [-0.2, 0) is 4.79 Å². The molecule has 0 bridgehead atoms. The van der Waals surface area contributed by atoms with Crippen molar-refractivity contribution in [2.75, 3.05) is 14.2 Å². The summed E-state index contributed by atoms with van der Waals surface area (Å²) < 4.78 is 16.9. The van der Waals surface area contributed by atoms with E-state index in [2.05, 4.69) is 33.4 Å². The van der Waals surface area contributed by atoms with Gasteiger partial charge in [-0.2, -0.15) is 5.10 Å². The lowest BCUT2D eigenvalue weighted by molar-refractivity contribution is -0.121. The topological polar surface area (TPSA) is 86.2 Å². The number of unbranched alkanes of at least 4 members (excludes halogenated alkanes) is 12. The SMILES string of the molecule is CCCCCCCCCCCCCCCC(=O)NN=Cc1cc(Br)ccc1OC(=O)c1ccc(OC)c(OC)c1. The van der Waals surface area contributed by atoms with Gasteiger partial charge in [0.15, 0.2) is 11.5 Å². The minimum absolute atomic E-state index is 0.127. The van der Waals surface area contributed by atoms with Crippen molar-refractivity contribution in [2.45, 2.75) is 96.8 Å². The molecule has 220 valence electrons. The first kappa shape index (κ1) is 33.3. The van der Waals surface area contributed by atoms with Gasteiger partial charge in [0.1, 0.15) is 5.75 Å². The molecule has 0 radical (unpaired) electrons. The molecule has 7 nitrogen and oxygen atoms in total. The molecule has 40 heavy (non-hydrogen) atoms. The molecule has 1 N–H and O–H groups in total. The number of carbonyl (C=O) groups is 2. The summed E-state index contributed by atoms with van der Waals surface area (Å²) in [6, 6.07) is 10.0. The summed E-state index contributed by atoms with van der Waals surface area (Å²) in [5.74, 6) is 0.589. The highest BCUT2D eigenvalue weighted by atomic mass is 79.9. The lowest BCUT2D eigenvalue weighted by Gasteiger charge is -2.11. The zero-order valence-electron chi connectivity index (χ0n) is 24.3. The van der Waals surface area contributed by atoms with Crippen molar-refractivity contribution in [3.05, 3.63) is 52.0 Å². The van der Waals surface area contributed by atoms with Crippen LogP contribution in [0.3, 0.4) is 0 Å². The minimum Gasteiger partial charge on any atom is -0.493 e. The zero-order valence-corrected chi connectivity index (χ0v) is 25.9. The number of amides is 1. The van der Waals surface area contributed by atoms with Gasteiger partial charge in [0, 0.05) is 16.5 Å². The van der Waals surface area contributed by atoms with Gasteiger partial charge in [0.05, 0.1) is 26.0 Å². The highest BCUT2D eigenvalue weighted by Gasteiger charge is 2.15. The highest BCUT2D eigenvalue weighted by molar-refractivity contribution is 9.10. The summed E-state index contributed by atoms with van der Waals surface area (Å²) in [6.45, 7) is 2.26. The van der Waals surface area contributed by atoms with Crippen LogP contribution in [0.25, 0.3) is 0 Å². The van der Waals surface area contributed by atoms with Gasteiger partial charge < -0.3 is 14.2 Å². The van der Waals surface area contributed by atoms with Gasteiger partial charge in [0.25, 0.3) is 0 Å². The van der Waals surface area contributed by atoms with Crippen LogP contribution in [0, 0.1) is 0 Å². The van der Waals surface area contributed by atoms with E-state index in [-0.39, 0.29) is 5.91 Å². The number of esters is 1. The monoisotopic (exact) mass is 616 g/mol. The molecular weight excluding hydrogens is 572 g/mol. The van der Waals surface area contributed by atoms with E-state index < -0.39 is 5.97 Å². The molecular formula is C32H45BrN2O5. The molecule has 8 heteroatoms. The number of nitrogens with zero attached hydrogens (tertiary/aromatic N) is 1. The summed E-state index contributed by atoms with van der Waals surface area (Å²) in [5, 5.41) is 4.08. The molecule has 0 aliphatic rings.